The molecular formula is C10H11NO. The number of aromatic nitrogens is 1. The first-order valence-electron chi connectivity index (χ1n) is 3.86. The van der Waals surface area contributed by atoms with Gasteiger partial charge < -0.3 is 4.79 Å². The van der Waals surface area contributed by atoms with Gasteiger partial charge in [-0.05, 0) is 24.6 Å². The van der Waals surface area contributed by atoms with Crippen LogP contribution in [0.25, 0.3) is 6.08 Å². The zero-order valence-corrected chi connectivity index (χ0v) is 7.03. The van der Waals surface area contributed by atoms with Gasteiger partial charge in [-0.3, -0.25) is 4.98 Å². The molecule has 0 aromatic carbocycles. The Morgan fingerprint density at radius 2 is 2.42 bits per heavy atom. The molecule has 0 aliphatic rings. The Morgan fingerprint density at radius 1 is 1.58 bits per heavy atom. The molecule has 62 valence electrons. The second-order valence-corrected chi connectivity index (χ2v) is 2.51. The van der Waals surface area contributed by atoms with Crippen molar-refractivity contribution in [3.8, 4) is 0 Å². The lowest BCUT2D eigenvalue weighted by atomic mass is 10.2. The second-order valence-electron chi connectivity index (χ2n) is 2.51. The van der Waals surface area contributed by atoms with Gasteiger partial charge in [0.15, 0.2) is 0 Å². The fourth-order valence-electron chi connectivity index (χ4n) is 0.908. The molecular weight excluding hydrogens is 150 g/mol. The number of carbonyl (C=O) groups excluding carboxylic acids is 1. The van der Waals surface area contributed by atoms with Crippen LogP contribution in [0.1, 0.15) is 17.7 Å². The van der Waals surface area contributed by atoms with Gasteiger partial charge in [-0.1, -0.05) is 12.1 Å². The van der Waals surface area contributed by atoms with Crippen molar-refractivity contribution in [2.45, 2.75) is 13.3 Å². The van der Waals surface area contributed by atoms with Crippen molar-refractivity contribution in [3.63, 3.8) is 0 Å². The summed E-state index contributed by atoms with van der Waals surface area (Å²) in [6.45, 7) is 1.99. The van der Waals surface area contributed by atoms with Gasteiger partial charge >= 0.3 is 0 Å². The molecule has 0 aliphatic carbocycles. The monoisotopic (exact) mass is 161 g/mol. The van der Waals surface area contributed by atoms with Crippen LogP contribution in [0.15, 0.2) is 24.4 Å². The lowest BCUT2D eigenvalue weighted by Gasteiger charge is -1.95. The third kappa shape index (κ3) is 2.31. The number of nitrogens with zero attached hydrogens (tertiary/aromatic N) is 1. The largest absolute Gasteiger partial charge is 0.303 e. The highest BCUT2D eigenvalue weighted by Gasteiger charge is 1.90. The van der Waals surface area contributed by atoms with Gasteiger partial charge in [-0.15, -0.1) is 0 Å². The highest BCUT2D eigenvalue weighted by atomic mass is 16.1. The molecule has 0 unspecified atom stereocenters. The summed E-state index contributed by atoms with van der Waals surface area (Å²) in [5.74, 6) is 0. The average Bonchev–Trinajstić information content (AvgIpc) is 2.09. The number of aryl methyl sites for hydroxylation is 1. The van der Waals surface area contributed by atoms with E-state index in [1.807, 2.05) is 31.2 Å². The average molecular weight is 161 g/mol. The van der Waals surface area contributed by atoms with E-state index in [0.29, 0.717) is 6.42 Å². The third-order valence-electron chi connectivity index (χ3n) is 1.56. The van der Waals surface area contributed by atoms with Gasteiger partial charge in [0.25, 0.3) is 0 Å². The molecule has 0 aliphatic heterocycles. The fraction of sp³-hybridized carbons (Fsp3) is 0.200. The predicted molar refractivity (Wildman–Crippen MR) is 48.7 cm³/mol. The van der Waals surface area contributed by atoms with Gasteiger partial charge in [0, 0.05) is 12.6 Å². The number of allylic oxidation sites excluding steroid dienone is 1. The zero-order chi connectivity index (χ0) is 8.81. The molecule has 12 heavy (non-hydrogen) atoms. The van der Waals surface area contributed by atoms with Crippen molar-refractivity contribution < 1.29 is 4.79 Å². The molecule has 2 heteroatoms. The molecule has 0 saturated carbocycles. The maximum atomic E-state index is 10.0. The minimum absolute atomic E-state index is 0.454. The summed E-state index contributed by atoms with van der Waals surface area (Å²) in [7, 11) is 0. The molecule has 0 atom stereocenters. The Morgan fingerprint density at radius 3 is 3.08 bits per heavy atom. The quantitative estimate of drug-likeness (QED) is 0.634. The maximum absolute atomic E-state index is 10.0. The summed E-state index contributed by atoms with van der Waals surface area (Å²) in [5.41, 5.74) is 2.05. The van der Waals surface area contributed by atoms with Crippen LogP contribution >= 0.6 is 0 Å². The van der Waals surface area contributed by atoms with Crippen molar-refractivity contribution in [2.75, 3.05) is 0 Å². The normalized spacial score (nSPS) is 10.4. The van der Waals surface area contributed by atoms with E-state index in [1.54, 1.807) is 6.20 Å². The van der Waals surface area contributed by atoms with E-state index in [-0.39, 0.29) is 0 Å². The van der Waals surface area contributed by atoms with Crippen molar-refractivity contribution >= 4 is 12.4 Å². The topological polar surface area (TPSA) is 30.0 Å². The van der Waals surface area contributed by atoms with Gasteiger partial charge in [0.1, 0.15) is 6.29 Å². The summed E-state index contributed by atoms with van der Waals surface area (Å²) < 4.78 is 0. The van der Waals surface area contributed by atoms with Crippen LogP contribution in [-0.4, -0.2) is 11.3 Å². The Balaban J connectivity index is 2.74. The first kappa shape index (κ1) is 8.65. The lowest BCUT2D eigenvalue weighted by Crippen LogP contribution is -1.83. The van der Waals surface area contributed by atoms with E-state index >= 15 is 0 Å². The number of pyridine rings is 1. The van der Waals surface area contributed by atoms with Gasteiger partial charge in [0.05, 0.1) is 5.69 Å². The SMILES string of the molecule is Cc1cccnc1C=CCC=O. The summed E-state index contributed by atoms with van der Waals surface area (Å²) in [5, 5.41) is 0. The minimum Gasteiger partial charge on any atom is -0.303 e. The van der Waals surface area contributed by atoms with Crippen molar-refractivity contribution in [1.29, 1.82) is 0 Å². The van der Waals surface area contributed by atoms with E-state index < -0.39 is 0 Å². The predicted octanol–water partition coefficient (Wildman–Crippen LogP) is 1.99. The van der Waals surface area contributed by atoms with Crippen LogP contribution in [0.2, 0.25) is 0 Å². The standard InChI is InChI=1S/C10H11NO/c1-9-5-4-7-11-10(9)6-2-3-8-12/h2,4-8H,3H2,1H3. The lowest BCUT2D eigenvalue weighted by molar-refractivity contribution is -0.107. The molecule has 1 aromatic rings. The van der Waals surface area contributed by atoms with E-state index in [0.717, 1.165) is 17.5 Å². The Bertz CT molecular complexity index is 292. The second kappa shape index (κ2) is 4.44. The zero-order valence-electron chi connectivity index (χ0n) is 7.03. The summed E-state index contributed by atoms with van der Waals surface area (Å²) in [6, 6.07) is 3.89. The van der Waals surface area contributed by atoms with E-state index in [2.05, 4.69) is 4.98 Å². The van der Waals surface area contributed by atoms with Crippen LogP contribution in [-0.2, 0) is 4.79 Å². The first-order valence-corrected chi connectivity index (χ1v) is 3.86. The summed E-state index contributed by atoms with van der Waals surface area (Å²) >= 11 is 0. The molecule has 0 radical (unpaired) electrons. The number of aldehydes is 1. The van der Waals surface area contributed by atoms with Crippen LogP contribution in [0.3, 0.4) is 0 Å². The third-order valence-corrected chi connectivity index (χ3v) is 1.56. The van der Waals surface area contributed by atoms with Gasteiger partial charge in [-0.25, -0.2) is 0 Å². The van der Waals surface area contributed by atoms with Crippen molar-refractivity contribution in [1.82, 2.24) is 4.98 Å². The minimum atomic E-state index is 0.454. The van der Waals surface area contributed by atoms with Gasteiger partial charge in [-0.2, -0.15) is 0 Å². The maximum Gasteiger partial charge on any atom is 0.123 e. The van der Waals surface area contributed by atoms with E-state index in [9.17, 15) is 4.79 Å². The molecule has 0 N–H and O–H groups in total. The number of carbonyl (C=O) groups is 1. The van der Waals surface area contributed by atoms with Crippen LogP contribution in [0.5, 0.6) is 0 Å². The Hall–Kier alpha value is -1.44. The molecule has 1 heterocycles. The highest BCUT2D eigenvalue weighted by molar-refractivity contribution is 5.57. The fourth-order valence-corrected chi connectivity index (χ4v) is 0.908. The Labute approximate surface area is 71.9 Å². The summed E-state index contributed by atoms with van der Waals surface area (Å²) in [6.07, 6.45) is 6.74. The van der Waals surface area contributed by atoms with Crippen LogP contribution < -0.4 is 0 Å². The molecule has 2 nitrogen and oxygen atoms in total. The highest BCUT2D eigenvalue weighted by Crippen LogP contribution is 2.04. The smallest absolute Gasteiger partial charge is 0.123 e. The molecule has 0 bridgehead atoms. The molecule has 1 aromatic heterocycles. The summed E-state index contributed by atoms with van der Waals surface area (Å²) in [4.78, 5) is 14.2. The van der Waals surface area contributed by atoms with Crippen molar-refractivity contribution in [2.24, 2.45) is 0 Å². The van der Waals surface area contributed by atoms with Crippen LogP contribution in [0, 0.1) is 6.92 Å². The molecule has 1 rings (SSSR count). The van der Waals surface area contributed by atoms with Crippen LogP contribution in [0.4, 0.5) is 0 Å². The molecule has 0 saturated heterocycles. The van der Waals surface area contributed by atoms with Gasteiger partial charge in [0.2, 0.25) is 0 Å². The molecule has 0 amide bonds. The molecule has 0 fully saturated rings. The number of hydrogen-bond donors (Lipinski definition) is 0. The number of hydrogen-bond acceptors (Lipinski definition) is 2. The first-order chi connectivity index (χ1) is 5.84. The van der Waals surface area contributed by atoms with E-state index in [4.69, 9.17) is 0 Å². The number of rotatable bonds is 3. The van der Waals surface area contributed by atoms with E-state index in [1.165, 1.54) is 0 Å². The Kier molecular flexibility index (Phi) is 3.20. The van der Waals surface area contributed by atoms with Crippen molar-refractivity contribution in [3.05, 3.63) is 35.7 Å². The molecule has 0 spiro atoms.